The molecular formula is C13H15NO. The van der Waals surface area contributed by atoms with Crippen LogP contribution in [0.3, 0.4) is 0 Å². The highest BCUT2D eigenvalue weighted by molar-refractivity contribution is 5.41. The molecule has 15 heavy (non-hydrogen) atoms. The molecule has 2 heteroatoms. The highest BCUT2D eigenvalue weighted by atomic mass is 16.1. The molecule has 0 spiro atoms. The largest absolute Gasteiger partial charge is 0.235 e. The molecule has 2 rings (SSSR count). The minimum absolute atomic E-state index is 0.0458. The van der Waals surface area contributed by atoms with Crippen LogP contribution >= 0.6 is 0 Å². The standard InChI is InChI=1S/C13H15NO/c1-10(14-9-15)12-8-4-6-11-5-2-3-7-13(11)12/h4,6,8,10H,2-3,5,7H2,1H3. The lowest BCUT2D eigenvalue weighted by molar-refractivity contribution is 0.559. The highest BCUT2D eigenvalue weighted by Gasteiger charge is 2.15. The van der Waals surface area contributed by atoms with Crippen LogP contribution in [0.1, 0.15) is 42.5 Å². The number of isocyanates is 1. The van der Waals surface area contributed by atoms with E-state index in [1.54, 1.807) is 6.08 Å². The summed E-state index contributed by atoms with van der Waals surface area (Å²) in [5.41, 5.74) is 4.05. The maximum Gasteiger partial charge on any atom is 0.235 e. The molecule has 1 aromatic rings. The van der Waals surface area contributed by atoms with E-state index in [1.165, 1.54) is 36.0 Å². The third kappa shape index (κ3) is 2.00. The molecule has 78 valence electrons. The average molecular weight is 201 g/mol. The Balaban J connectivity index is 2.42. The number of hydrogen-bond acceptors (Lipinski definition) is 2. The van der Waals surface area contributed by atoms with Gasteiger partial charge in [-0.3, -0.25) is 0 Å². The highest BCUT2D eigenvalue weighted by Crippen LogP contribution is 2.29. The number of fused-ring (bicyclic) bond motifs is 1. The van der Waals surface area contributed by atoms with Gasteiger partial charge in [0.1, 0.15) is 0 Å². The van der Waals surface area contributed by atoms with E-state index in [1.807, 2.05) is 6.92 Å². The van der Waals surface area contributed by atoms with Crippen LogP contribution in [0, 0.1) is 0 Å². The minimum Gasteiger partial charge on any atom is -0.211 e. The molecule has 1 atom stereocenters. The third-order valence-electron chi connectivity index (χ3n) is 3.13. The van der Waals surface area contributed by atoms with Crippen LogP contribution in [0.2, 0.25) is 0 Å². The molecular weight excluding hydrogens is 186 g/mol. The molecule has 1 aromatic carbocycles. The summed E-state index contributed by atoms with van der Waals surface area (Å²) < 4.78 is 0. The number of aliphatic imine (C=N–C) groups is 1. The van der Waals surface area contributed by atoms with Crippen LogP contribution < -0.4 is 0 Å². The quantitative estimate of drug-likeness (QED) is 0.534. The van der Waals surface area contributed by atoms with Crippen molar-refractivity contribution in [1.82, 2.24) is 0 Å². The van der Waals surface area contributed by atoms with Gasteiger partial charge in [-0.25, -0.2) is 4.79 Å². The van der Waals surface area contributed by atoms with E-state index in [9.17, 15) is 4.79 Å². The molecule has 0 radical (unpaired) electrons. The molecule has 0 saturated heterocycles. The molecule has 0 fully saturated rings. The molecule has 1 aliphatic carbocycles. The Kier molecular flexibility index (Phi) is 2.98. The molecule has 0 bridgehead atoms. The van der Waals surface area contributed by atoms with Gasteiger partial charge in [0, 0.05) is 0 Å². The van der Waals surface area contributed by atoms with E-state index in [0.29, 0.717) is 0 Å². The molecule has 0 aliphatic heterocycles. The SMILES string of the molecule is CC(N=C=O)c1cccc2c1CCCC2. The van der Waals surface area contributed by atoms with Crippen molar-refractivity contribution in [3.8, 4) is 0 Å². The predicted octanol–water partition coefficient (Wildman–Crippen LogP) is 2.96. The molecule has 0 N–H and O–H groups in total. The summed E-state index contributed by atoms with van der Waals surface area (Å²) >= 11 is 0. The Bertz CT molecular complexity index is 405. The van der Waals surface area contributed by atoms with Gasteiger partial charge in [-0.1, -0.05) is 18.2 Å². The smallest absolute Gasteiger partial charge is 0.211 e. The first-order valence-electron chi connectivity index (χ1n) is 5.50. The Morgan fingerprint density at radius 3 is 2.93 bits per heavy atom. The Morgan fingerprint density at radius 1 is 1.33 bits per heavy atom. The maximum atomic E-state index is 10.3. The number of carbonyl (C=O) groups excluding carboxylic acids is 1. The lowest BCUT2D eigenvalue weighted by atomic mass is 9.86. The van der Waals surface area contributed by atoms with Crippen molar-refractivity contribution >= 4 is 6.08 Å². The Hall–Kier alpha value is -1.40. The third-order valence-corrected chi connectivity index (χ3v) is 3.13. The second kappa shape index (κ2) is 4.41. The summed E-state index contributed by atoms with van der Waals surface area (Å²) in [7, 11) is 0. The van der Waals surface area contributed by atoms with Gasteiger partial charge < -0.3 is 0 Å². The number of rotatable bonds is 2. The molecule has 0 saturated carbocycles. The molecule has 1 unspecified atom stereocenters. The topological polar surface area (TPSA) is 29.4 Å². The molecule has 0 aromatic heterocycles. The van der Waals surface area contributed by atoms with Crippen molar-refractivity contribution in [3.05, 3.63) is 34.9 Å². The van der Waals surface area contributed by atoms with E-state index in [4.69, 9.17) is 0 Å². The summed E-state index contributed by atoms with van der Waals surface area (Å²) in [5, 5.41) is 0. The molecule has 2 nitrogen and oxygen atoms in total. The monoisotopic (exact) mass is 201 g/mol. The average Bonchev–Trinajstić information content (AvgIpc) is 2.28. The van der Waals surface area contributed by atoms with Crippen LogP contribution in [-0.4, -0.2) is 6.08 Å². The van der Waals surface area contributed by atoms with Gasteiger partial charge in [-0.05, 0) is 49.3 Å². The van der Waals surface area contributed by atoms with Gasteiger partial charge in [-0.2, -0.15) is 4.99 Å². The summed E-state index contributed by atoms with van der Waals surface area (Å²) in [4.78, 5) is 14.1. The Morgan fingerprint density at radius 2 is 2.13 bits per heavy atom. The first-order chi connectivity index (χ1) is 7.33. The molecule has 1 aliphatic rings. The predicted molar refractivity (Wildman–Crippen MR) is 59.6 cm³/mol. The molecule has 0 amide bonds. The lowest BCUT2D eigenvalue weighted by Crippen LogP contribution is -2.07. The van der Waals surface area contributed by atoms with E-state index < -0.39 is 0 Å². The van der Waals surface area contributed by atoms with Crippen LogP contribution in [-0.2, 0) is 17.6 Å². The fraction of sp³-hybridized carbons (Fsp3) is 0.462. The van der Waals surface area contributed by atoms with Gasteiger partial charge in [0.2, 0.25) is 6.08 Å². The summed E-state index contributed by atoms with van der Waals surface area (Å²) in [6, 6.07) is 6.29. The fourth-order valence-corrected chi connectivity index (χ4v) is 2.35. The van der Waals surface area contributed by atoms with Crippen molar-refractivity contribution in [2.75, 3.05) is 0 Å². The second-order valence-corrected chi connectivity index (χ2v) is 4.09. The minimum atomic E-state index is -0.0458. The van der Waals surface area contributed by atoms with Crippen LogP contribution in [0.25, 0.3) is 0 Å². The van der Waals surface area contributed by atoms with Crippen LogP contribution in [0.5, 0.6) is 0 Å². The number of nitrogens with zero attached hydrogens (tertiary/aromatic N) is 1. The summed E-state index contributed by atoms with van der Waals surface area (Å²) in [6.07, 6.45) is 6.48. The van der Waals surface area contributed by atoms with Crippen molar-refractivity contribution in [2.24, 2.45) is 4.99 Å². The normalized spacial score (nSPS) is 16.3. The van der Waals surface area contributed by atoms with E-state index in [0.717, 1.165) is 6.42 Å². The zero-order chi connectivity index (χ0) is 10.7. The van der Waals surface area contributed by atoms with Crippen LogP contribution in [0.4, 0.5) is 0 Å². The van der Waals surface area contributed by atoms with E-state index in [2.05, 4.69) is 23.2 Å². The zero-order valence-electron chi connectivity index (χ0n) is 8.99. The number of hydrogen-bond donors (Lipinski definition) is 0. The van der Waals surface area contributed by atoms with Crippen molar-refractivity contribution in [1.29, 1.82) is 0 Å². The number of aryl methyl sites for hydroxylation is 1. The second-order valence-electron chi connectivity index (χ2n) is 4.09. The van der Waals surface area contributed by atoms with E-state index in [-0.39, 0.29) is 6.04 Å². The number of benzene rings is 1. The van der Waals surface area contributed by atoms with E-state index >= 15 is 0 Å². The molecule has 0 heterocycles. The first-order valence-corrected chi connectivity index (χ1v) is 5.50. The van der Waals surface area contributed by atoms with Gasteiger partial charge in [-0.15, -0.1) is 0 Å². The summed E-state index contributed by atoms with van der Waals surface area (Å²) in [5.74, 6) is 0. The van der Waals surface area contributed by atoms with Gasteiger partial charge >= 0.3 is 0 Å². The Labute approximate surface area is 90.0 Å². The van der Waals surface area contributed by atoms with Gasteiger partial charge in [0.25, 0.3) is 0 Å². The van der Waals surface area contributed by atoms with Crippen molar-refractivity contribution < 1.29 is 4.79 Å². The first kappa shape index (κ1) is 10.1. The van der Waals surface area contributed by atoms with Crippen molar-refractivity contribution in [3.63, 3.8) is 0 Å². The summed E-state index contributed by atoms with van der Waals surface area (Å²) in [6.45, 7) is 1.95. The van der Waals surface area contributed by atoms with Crippen LogP contribution in [0.15, 0.2) is 23.2 Å². The lowest BCUT2D eigenvalue weighted by Gasteiger charge is -2.20. The fourth-order valence-electron chi connectivity index (χ4n) is 2.35. The maximum absolute atomic E-state index is 10.3. The van der Waals surface area contributed by atoms with Gasteiger partial charge in [0.15, 0.2) is 0 Å². The zero-order valence-corrected chi connectivity index (χ0v) is 8.99. The van der Waals surface area contributed by atoms with Gasteiger partial charge in [0.05, 0.1) is 6.04 Å². The van der Waals surface area contributed by atoms with Crippen molar-refractivity contribution in [2.45, 2.75) is 38.6 Å².